The molecule has 0 bridgehead atoms. The summed E-state index contributed by atoms with van der Waals surface area (Å²) in [6.07, 6.45) is -0.836. The summed E-state index contributed by atoms with van der Waals surface area (Å²) in [5, 5.41) is 8.49. The van der Waals surface area contributed by atoms with Crippen molar-refractivity contribution in [2.45, 2.75) is 18.6 Å². The van der Waals surface area contributed by atoms with Gasteiger partial charge in [-0.2, -0.15) is 0 Å². The third kappa shape index (κ3) is 2.31. The number of halogens is 2. The molecule has 0 aromatic heterocycles. The van der Waals surface area contributed by atoms with Gasteiger partial charge in [0.1, 0.15) is 12.2 Å². The predicted molar refractivity (Wildman–Crippen MR) is 40.8 cm³/mol. The second kappa shape index (κ2) is 3.88. The van der Waals surface area contributed by atoms with Gasteiger partial charge in [-0.25, -0.2) is 4.39 Å². The molecule has 11 heavy (non-hydrogen) atoms. The van der Waals surface area contributed by atoms with E-state index >= 15 is 0 Å². The largest absolute Gasteiger partial charge is 0.480 e. The smallest absolute Gasteiger partial charge is 0.321 e. The molecule has 0 saturated carbocycles. The van der Waals surface area contributed by atoms with E-state index in [0.717, 1.165) is 0 Å². The molecule has 0 spiro atoms. The molecule has 1 aliphatic heterocycles. The summed E-state index contributed by atoms with van der Waals surface area (Å²) in [6.45, 7) is 0.247. The Hall–Kier alpha value is -0.350. The van der Waals surface area contributed by atoms with Crippen LogP contribution in [-0.2, 0) is 4.79 Å². The van der Waals surface area contributed by atoms with Gasteiger partial charge in [-0.05, 0) is 7.05 Å². The maximum atomic E-state index is 12.5. The molecule has 1 N–H and O–H groups in total. The van der Waals surface area contributed by atoms with Gasteiger partial charge in [-0.3, -0.25) is 9.69 Å². The van der Waals surface area contributed by atoms with Gasteiger partial charge in [-0.1, -0.05) is 0 Å². The summed E-state index contributed by atoms with van der Waals surface area (Å²) < 4.78 is 12.5. The normalized spacial score (nSPS) is 31.5. The molecular formula is C6H11ClFNO2. The third-order valence-electron chi connectivity index (χ3n) is 1.78. The van der Waals surface area contributed by atoms with Crippen LogP contribution in [0.1, 0.15) is 6.42 Å². The van der Waals surface area contributed by atoms with Crippen molar-refractivity contribution in [1.82, 2.24) is 4.90 Å². The monoisotopic (exact) mass is 183 g/mol. The second-order valence-electron chi connectivity index (χ2n) is 2.63. The zero-order valence-electron chi connectivity index (χ0n) is 6.16. The fourth-order valence-corrected chi connectivity index (χ4v) is 1.23. The van der Waals surface area contributed by atoms with Crippen molar-refractivity contribution in [3.05, 3.63) is 0 Å². The number of aliphatic carboxylic acids is 1. The summed E-state index contributed by atoms with van der Waals surface area (Å²) in [4.78, 5) is 11.9. The second-order valence-corrected chi connectivity index (χ2v) is 2.63. The zero-order valence-corrected chi connectivity index (χ0v) is 6.97. The molecule has 2 unspecified atom stereocenters. The first-order chi connectivity index (χ1) is 4.61. The van der Waals surface area contributed by atoms with Crippen molar-refractivity contribution >= 4 is 18.4 Å². The van der Waals surface area contributed by atoms with E-state index in [9.17, 15) is 9.18 Å². The van der Waals surface area contributed by atoms with E-state index in [0.29, 0.717) is 0 Å². The molecular weight excluding hydrogens is 173 g/mol. The lowest BCUT2D eigenvalue weighted by atomic mass is 10.2. The van der Waals surface area contributed by atoms with E-state index in [4.69, 9.17) is 5.11 Å². The van der Waals surface area contributed by atoms with Crippen molar-refractivity contribution in [3.63, 3.8) is 0 Å². The Kier molecular flexibility index (Phi) is 3.75. The van der Waals surface area contributed by atoms with Crippen LogP contribution in [0.3, 0.4) is 0 Å². The number of carbonyl (C=O) groups is 1. The van der Waals surface area contributed by atoms with Gasteiger partial charge < -0.3 is 5.11 Å². The number of hydrogen-bond donors (Lipinski definition) is 1. The molecule has 66 valence electrons. The number of alkyl halides is 1. The highest BCUT2D eigenvalue weighted by Crippen LogP contribution is 2.17. The topological polar surface area (TPSA) is 40.5 Å². The van der Waals surface area contributed by atoms with Crippen molar-refractivity contribution in [3.8, 4) is 0 Å². The minimum Gasteiger partial charge on any atom is -0.480 e. The average molecular weight is 184 g/mol. The fourth-order valence-electron chi connectivity index (χ4n) is 1.23. The molecule has 1 saturated heterocycles. The maximum absolute atomic E-state index is 12.5. The Bertz CT molecular complexity index is 156. The fraction of sp³-hybridized carbons (Fsp3) is 0.833. The lowest BCUT2D eigenvalue weighted by Gasteiger charge is -2.12. The molecule has 0 aromatic carbocycles. The molecule has 3 nitrogen and oxygen atoms in total. The van der Waals surface area contributed by atoms with E-state index in [1.54, 1.807) is 7.05 Å². The molecule has 2 atom stereocenters. The van der Waals surface area contributed by atoms with Gasteiger partial charge in [0.2, 0.25) is 0 Å². The molecule has 1 aliphatic rings. The molecule has 1 fully saturated rings. The minimum absolute atomic E-state index is 0. The van der Waals surface area contributed by atoms with Crippen LogP contribution in [0.15, 0.2) is 0 Å². The summed E-state index contributed by atoms with van der Waals surface area (Å²) in [5.41, 5.74) is 0. The molecule has 0 radical (unpaired) electrons. The number of carboxylic acid groups (broad SMARTS) is 1. The minimum atomic E-state index is -0.967. The van der Waals surface area contributed by atoms with Gasteiger partial charge in [0.05, 0.1) is 0 Å². The Labute approximate surface area is 70.6 Å². The number of likely N-dealkylation sites (tertiary alicyclic amines) is 1. The zero-order chi connectivity index (χ0) is 7.72. The van der Waals surface area contributed by atoms with E-state index in [1.165, 1.54) is 4.90 Å². The van der Waals surface area contributed by atoms with Crippen molar-refractivity contribution in [2.24, 2.45) is 0 Å². The maximum Gasteiger partial charge on any atom is 0.321 e. The van der Waals surface area contributed by atoms with Gasteiger partial charge in [-0.15, -0.1) is 12.4 Å². The van der Waals surface area contributed by atoms with Crippen LogP contribution in [0.4, 0.5) is 4.39 Å². The van der Waals surface area contributed by atoms with Crippen LogP contribution in [-0.4, -0.2) is 41.8 Å². The van der Waals surface area contributed by atoms with Crippen LogP contribution in [0, 0.1) is 0 Å². The Balaban J connectivity index is 0.000001000. The summed E-state index contributed by atoms with van der Waals surface area (Å²) in [5.74, 6) is -0.928. The van der Waals surface area contributed by atoms with Gasteiger partial charge in [0, 0.05) is 13.0 Å². The van der Waals surface area contributed by atoms with Crippen LogP contribution in [0.25, 0.3) is 0 Å². The first kappa shape index (κ1) is 10.7. The molecule has 0 aliphatic carbocycles. The van der Waals surface area contributed by atoms with Gasteiger partial charge in [0.25, 0.3) is 0 Å². The molecule has 0 amide bonds. The van der Waals surface area contributed by atoms with Crippen LogP contribution >= 0.6 is 12.4 Å². The highest BCUT2D eigenvalue weighted by molar-refractivity contribution is 5.85. The van der Waals surface area contributed by atoms with E-state index in [2.05, 4.69) is 0 Å². The van der Waals surface area contributed by atoms with Gasteiger partial charge >= 0.3 is 5.97 Å². The molecule has 0 aromatic rings. The van der Waals surface area contributed by atoms with Crippen LogP contribution in [0.2, 0.25) is 0 Å². The van der Waals surface area contributed by atoms with Crippen LogP contribution < -0.4 is 0 Å². The standard InChI is InChI=1S/C6H10FNO2.ClH/c1-8-3-4(7)2-5(8)6(9)10;/h4-5H,2-3H2,1H3,(H,9,10);1H. The quantitative estimate of drug-likeness (QED) is 0.645. The number of carboxylic acids is 1. The lowest BCUT2D eigenvalue weighted by molar-refractivity contribution is -0.141. The lowest BCUT2D eigenvalue weighted by Crippen LogP contribution is -2.32. The van der Waals surface area contributed by atoms with Gasteiger partial charge in [0.15, 0.2) is 0 Å². The van der Waals surface area contributed by atoms with E-state index in [1.807, 2.05) is 0 Å². The molecule has 1 heterocycles. The summed E-state index contributed by atoms with van der Waals surface area (Å²) >= 11 is 0. The Morgan fingerprint density at radius 2 is 2.27 bits per heavy atom. The van der Waals surface area contributed by atoms with E-state index in [-0.39, 0.29) is 25.4 Å². The Morgan fingerprint density at radius 3 is 2.45 bits per heavy atom. The molecule has 5 heteroatoms. The van der Waals surface area contributed by atoms with Crippen molar-refractivity contribution in [1.29, 1.82) is 0 Å². The number of rotatable bonds is 1. The number of hydrogen-bond acceptors (Lipinski definition) is 2. The summed E-state index contributed by atoms with van der Waals surface area (Å²) in [7, 11) is 1.62. The number of likely N-dealkylation sites (N-methyl/N-ethyl adjacent to an activating group) is 1. The van der Waals surface area contributed by atoms with E-state index < -0.39 is 18.2 Å². The number of nitrogens with zero attached hydrogens (tertiary/aromatic N) is 1. The summed E-state index contributed by atoms with van der Waals surface area (Å²) in [6, 6.07) is -0.616. The Morgan fingerprint density at radius 1 is 1.73 bits per heavy atom. The average Bonchev–Trinajstić information content (AvgIpc) is 2.10. The van der Waals surface area contributed by atoms with Crippen molar-refractivity contribution in [2.75, 3.05) is 13.6 Å². The molecule has 1 rings (SSSR count). The first-order valence-electron chi connectivity index (χ1n) is 3.18. The van der Waals surface area contributed by atoms with Crippen LogP contribution in [0.5, 0.6) is 0 Å². The predicted octanol–water partition coefficient (Wildman–Crippen LogP) is 0.535. The highest BCUT2D eigenvalue weighted by atomic mass is 35.5. The third-order valence-corrected chi connectivity index (χ3v) is 1.78. The van der Waals surface area contributed by atoms with Crippen molar-refractivity contribution < 1.29 is 14.3 Å². The SMILES string of the molecule is CN1CC(F)CC1C(=O)O.Cl. The highest BCUT2D eigenvalue weighted by Gasteiger charge is 2.34. The first-order valence-corrected chi connectivity index (χ1v) is 3.18.